The van der Waals surface area contributed by atoms with Crippen LogP contribution in [-0.4, -0.2) is 96.2 Å². The van der Waals surface area contributed by atoms with E-state index in [0.717, 1.165) is 6.07 Å². The van der Waals surface area contributed by atoms with E-state index in [-0.39, 0.29) is 32.2 Å². The minimum atomic E-state index is -5.16. The number of rotatable bonds is 7. The highest BCUT2D eigenvalue weighted by atomic mass is 19.4. The molecule has 2 atom stereocenters. The van der Waals surface area contributed by atoms with Crippen molar-refractivity contribution in [2.75, 3.05) is 48.0 Å². The Labute approximate surface area is 303 Å². The third kappa shape index (κ3) is 10.2. The molecule has 2 N–H and O–H groups in total. The van der Waals surface area contributed by atoms with Crippen molar-refractivity contribution in [1.29, 1.82) is 5.26 Å². The lowest BCUT2D eigenvalue weighted by Crippen LogP contribution is -2.55. The number of carbonyl (C=O) groups is 5. The Kier molecular flexibility index (Phi) is 12.1. The van der Waals surface area contributed by atoms with E-state index in [9.17, 15) is 47.5 Å². The number of nitriles is 1. The number of morpholine rings is 2. The van der Waals surface area contributed by atoms with Crippen LogP contribution < -0.4 is 15.1 Å². The minimum Gasteiger partial charge on any atom is -0.443 e. The van der Waals surface area contributed by atoms with E-state index in [2.05, 4.69) is 5.32 Å². The van der Waals surface area contributed by atoms with Gasteiger partial charge in [0.05, 0.1) is 30.9 Å². The number of imide groups is 1. The first kappa shape index (κ1) is 40.5. The molecule has 0 radical (unpaired) electrons. The second kappa shape index (κ2) is 15.8. The number of carbonyl (C=O) groups excluding carboxylic acids is 5. The van der Waals surface area contributed by atoms with Gasteiger partial charge in [-0.15, -0.1) is 0 Å². The summed E-state index contributed by atoms with van der Waals surface area (Å²) in [6.07, 6.45) is -11.7. The van der Waals surface area contributed by atoms with E-state index in [1.807, 2.05) is 0 Å². The van der Waals surface area contributed by atoms with Crippen LogP contribution in [0.5, 0.6) is 0 Å². The van der Waals surface area contributed by atoms with Crippen LogP contribution in [-0.2, 0) is 46.1 Å². The summed E-state index contributed by atoms with van der Waals surface area (Å²) in [5.74, 6) is -2.46. The molecule has 0 aromatic heterocycles. The molecule has 15 nitrogen and oxygen atoms in total. The Morgan fingerprint density at radius 1 is 0.981 bits per heavy atom. The number of nitrogens with one attached hydrogen (secondary N) is 1. The van der Waals surface area contributed by atoms with E-state index in [0.29, 0.717) is 28.9 Å². The Balaban J connectivity index is 1.62. The van der Waals surface area contributed by atoms with Gasteiger partial charge in [-0.05, 0) is 77.4 Å². The van der Waals surface area contributed by atoms with Crippen LogP contribution in [0.25, 0.3) is 0 Å². The smallest absolute Gasteiger partial charge is 0.420 e. The molecule has 4 rings (SSSR count). The van der Waals surface area contributed by atoms with Gasteiger partial charge >= 0.3 is 18.4 Å². The number of amides is 5. The molecule has 2 fully saturated rings. The monoisotopic (exact) mass is 747 g/mol. The predicted octanol–water partition coefficient (Wildman–Crippen LogP) is 4.34. The van der Waals surface area contributed by atoms with Gasteiger partial charge in [0.15, 0.2) is 12.2 Å². The van der Waals surface area contributed by atoms with Gasteiger partial charge in [-0.25, -0.2) is 14.5 Å². The van der Waals surface area contributed by atoms with Crippen LogP contribution >= 0.6 is 0 Å². The van der Waals surface area contributed by atoms with Gasteiger partial charge in [0.2, 0.25) is 0 Å². The lowest BCUT2D eigenvalue weighted by molar-refractivity contribution is -0.150. The molecule has 2 aromatic rings. The van der Waals surface area contributed by atoms with Crippen LogP contribution in [0.15, 0.2) is 36.4 Å². The standard InChI is InChI=1S/C35H40F3N5O10/c1-33(2,3)52-31(48)43(32(49)53-34(4,5)6)18-20-14-21(15-25(24(20)17-39)35(36,37)38)40-29(46)27(45)28-30(47)42(11-13-51-28)23-9-7-8-22(16-23)41-10-12-50-19-26(41)44/h7-9,14-16,27-28,45H,10-13,18-19H2,1-6H3,(H,40,46)/t27-,28-/m1/s1. The summed E-state index contributed by atoms with van der Waals surface area (Å²) in [5, 5.41) is 22.9. The topological polar surface area (TPSA) is 188 Å². The van der Waals surface area contributed by atoms with Gasteiger partial charge in [0.25, 0.3) is 17.7 Å². The van der Waals surface area contributed by atoms with Gasteiger partial charge in [-0.1, -0.05) is 6.07 Å². The van der Waals surface area contributed by atoms with Crippen LogP contribution in [0.2, 0.25) is 0 Å². The molecule has 5 amide bonds. The molecule has 2 saturated heterocycles. The molecule has 0 aliphatic carbocycles. The molecule has 2 aliphatic heterocycles. The molecule has 2 aromatic carbocycles. The zero-order valence-electron chi connectivity index (χ0n) is 29.9. The average Bonchev–Trinajstić information content (AvgIpc) is 3.05. The summed E-state index contributed by atoms with van der Waals surface area (Å²) in [6, 6.07) is 9.23. The number of hydrogen-bond acceptors (Lipinski definition) is 11. The van der Waals surface area contributed by atoms with Gasteiger partial charge in [0, 0.05) is 30.2 Å². The molecule has 0 saturated carbocycles. The summed E-state index contributed by atoms with van der Waals surface area (Å²) in [4.78, 5) is 68.5. The minimum absolute atomic E-state index is 0.0178. The molecular weight excluding hydrogens is 707 g/mol. The summed E-state index contributed by atoms with van der Waals surface area (Å²) in [5.41, 5.74) is -5.07. The number of hydrogen-bond donors (Lipinski definition) is 2. The van der Waals surface area contributed by atoms with Gasteiger partial charge in [0.1, 0.15) is 23.9 Å². The SMILES string of the molecule is CC(C)(C)OC(=O)N(Cc1cc(NC(=O)[C@H](O)[C@H]2OCCN(c3cccc(N4CCOCC4=O)c3)C2=O)cc(C(F)(F)F)c1C#N)C(=O)OC(C)(C)C. The Morgan fingerprint density at radius 2 is 1.57 bits per heavy atom. The molecule has 2 aliphatic rings. The highest BCUT2D eigenvalue weighted by Crippen LogP contribution is 2.36. The summed E-state index contributed by atoms with van der Waals surface area (Å²) < 4.78 is 64.0. The maximum Gasteiger partial charge on any atom is 0.420 e. The number of aliphatic hydroxyl groups is 1. The second-order valence-electron chi connectivity index (χ2n) is 14.0. The van der Waals surface area contributed by atoms with E-state index in [4.69, 9.17) is 18.9 Å². The van der Waals surface area contributed by atoms with Crippen molar-refractivity contribution in [2.24, 2.45) is 0 Å². The molecule has 53 heavy (non-hydrogen) atoms. The van der Waals surface area contributed by atoms with E-state index >= 15 is 0 Å². The van der Waals surface area contributed by atoms with Crippen LogP contribution in [0.1, 0.15) is 58.2 Å². The van der Waals surface area contributed by atoms with Gasteiger partial charge in [-0.2, -0.15) is 18.4 Å². The Bertz CT molecular complexity index is 1770. The number of benzene rings is 2. The Morgan fingerprint density at radius 3 is 2.11 bits per heavy atom. The van der Waals surface area contributed by atoms with Crippen molar-refractivity contribution < 1.29 is 61.2 Å². The maximum atomic E-state index is 14.3. The number of nitrogens with zero attached hydrogens (tertiary/aromatic N) is 4. The fourth-order valence-electron chi connectivity index (χ4n) is 5.32. The Hall–Kier alpha value is -5.25. The molecule has 0 spiro atoms. The number of anilines is 3. The summed E-state index contributed by atoms with van der Waals surface area (Å²) >= 11 is 0. The van der Waals surface area contributed by atoms with Gasteiger partial charge in [-0.3, -0.25) is 14.4 Å². The second-order valence-corrected chi connectivity index (χ2v) is 14.0. The van der Waals surface area contributed by atoms with E-state index in [1.54, 1.807) is 24.3 Å². The highest BCUT2D eigenvalue weighted by molar-refractivity contribution is 6.04. The predicted molar refractivity (Wildman–Crippen MR) is 181 cm³/mol. The van der Waals surface area contributed by atoms with Crippen LogP contribution in [0.3, 0.4) is 0 Å². The normalized spacial score (nSPS) is 17.5. The molecule has 0 bridgehead atoms. The number of aliphatic hydroxyl groups excluding tert-OH is 1. The number of alkyl halides is 3. The average molecular weight is 748 g/mol. The zero-order chi connectivity index (χ0) is 39.5. The molecule has 0 unspecified atom stereocenters. The summed E-state index contributed by atoms with van der Waals surface area (Å²) in [7, 11) is 0. The van der Waals surface area contributed by atoms with Crippen molar-refractivity contribution in [3.8, 4) is 6.07 Å². The first-order valence-electron chi connectivity index (χ1n) is 16.4. The fourth-order valence-corrected chi connectivity index (χ4v) is 5.32. The largest absolute Gasteiger partial charge is 0.443 e. The van der Waals surface area contributed by atoms with Crippen molar-refractivity contribution in [3.63, 3.8) is 0 Å². The van der Waals surface area contributed by atoms with E-state index < -0.39 is 82.5 Å². The highest BCUT2D eigenvalue weighted by Gasteiger charge is 2.41. The third-order valence-corrected chi connectivity index (χ3v) is 7.58. The first-order valence-corrected chi connectivity index (χ1v) is 16.4. The van der Waals surface area contributed by atoms with Crippen molar-refractivity contribution >= 4 is 47.0 Å². The van der Waals surface area contributed by atoms with E-state index in [1.165, 1.54) is 57.4 Å². The van der Waals surface area contributed by atoms with Crippen molar-refractivity contribution in [1.82, 2.24) is 4.90 Å². The molecule has 286 valence electrons. The molecule has 2 heterocycles. The molecular formula is C35H40F3N5O10. The lowest BCUT2D eigenvalue weighted by Gasteiger charge is -2.35. The number of halogens is 3. The van der Waals surface area contributed by atoms with Crippen molar-refractivity contribution in [2.45, 2.75) is 77.7 Å². The van der Waals surface area contributed by atoms with Crippen LogP contribution in [0, 0.1) is 11.3 Å². The number of ether oxygens (including phenoxy) is 4. The summed E-state index contributed by atoms with van der Waals surface area (Å²) in [6.45, 7) is 8.38. The van der Waals surface area contributed by atoms with Crippen molar-refractivity contribution in [3.05, 3.63) is 53.1 Å². The zero-order valence-corrected chi connectivity index (χ0v) is 29.9. The maximum absolute atomic E-state index is 14.3. The van der Waals surface area contributed by atoms with Gasteiger partial charge < -0.3 is 39.2 Å². The lowest BCUT2D eigenvalue weighted by atomic mass is 9.99. The quantitative estimate of drug-likeness (QED) is 0.410. The van der Waals surface area contributed by atoms with Crippen LogP contribution in [0.4, 0.5) is 39.8 Å². The first-order chi connectivity index (χ1) is 24.6. The fraction of sp³-hybridized carbons (Fsp3) is 0.486. The molecule has 18 heteroatoms. The third-order valence-electron chi connectivity index (χ3n) is 7.58.